The van der Waals surface area contributed by atoms with Crippen molar-refractivity contribution in [1.29, 1.82) is 0 Å². The van der Waals surface area contributed by atoms with Crippen LogP contribution in [0.3, 0.4) is 0 Å². The minimum absolute atomic E-state index is 0.209. The zero-order chi connectivity index (χ0) is 10.0. The van der Waals surface area contributed by atoms with E-state index in [2.05, 4.69) is 5.32 Å². The summed E-state index contributed by atoms with van der Waals surface area (Å²) in [6.45, 7) is 1.20. The second kappa shape index (κ2) is 3.38. The molecule has 5 heteroatoms. The van der Waals surface area contributed by atoms with Crippen molar-refractivity contribution < 1.29 is 13.6 Å². The lowest BCUT2D eigenvalue weighted by Crippen LogP contribution is -2.09. The topological polar surface area (TPSA) is 55.1 Å². The molecule has 0 aliphatic carbocycles. The molecule has 0 spiro atoms. The van der Waals surface area contributed by atoms with Gasteiger partial charge in [-0.05, 0) is 12.1 Å². The van der Waals surface area contributed by atoms with Crippen molar-refractivity contribution in [3.05, 3.63) is 23.8 Å². The molecule has 0 atom stereocenters. The molecule has 0 unspecified atom stereocenters. The molecule has 3 N–H and O–H groups in total. The van der Waals surface area contributed by atoms with Crippen LogP contribution in [0.4, 0.5) is 20.2 Å². The van der Waals surface area contributed by atoms with E-state index in [1.165, 1.54) is 19.1 Å². The Labute approximate surface area is 73.5 Å². The highest BCUT2D eigenvalue weighted by molar-refractivity contribution is 5.89. The number of amides is 1. The van der Waals surface area contributed by atoms with Crippen LogP contribution in [0, 0.1) is 11.6 Å². The summed E-state index contributed by atoms with van der Waals surface area (Å²) in [7, 11) is 0. The third kappa shape index (κ3) is 1.93. The fourth-order valence-electron chi connectivity index (χ4n) is 0.851. The molecule has 0 bridgehead atoms. The average molecular weight is 186 g/mol. The summed E-state index contributed by atoms with van der Waals surface area (Å²) in [5.41, 5.74) is 4.60. The van der Waals surface area contributed by atoms with E-state index in [9.17, 15) is 13.6 Å². The first-order valence-corrected chi connectivity index (χ1v) is 3.53. The van der Waals surface area contributed by atoms with E-state index in [0.29, 0.717) is 0 Å². The minimum Gasteiger partial charge on any atom is -0.396 e. The Morgan fingerprint density at radius 2 is 2.00 bits per heavy atom. The standard InChI is InChI=1S/C8H8F2N2O/c1-4(13)12-6-3-2-5(11)7(9)8(6)10/h2-3H,11H2,1H3,(H,12,13). The van der Waals surface area contributed by atoms with Gasteiger partial charge in [-0.1, -0.05) is 0 Å². The van der Waals surface area contributed by atoms with E-state index in [4.69, 9.17) is 5.73 Å². The number of carbonyl (C=O) groups excluding carboxylic acids is 1. The van der Waals surface area contributed by atoms with Gasteiger partial charge in [-0.25, -0.2) is 8.78 Å². The summed E-state index contributed by atoms with van der Waals surface area (Å²) < 4.78 is 25.7. The Balaban J connectivity index is 3.10. The van der Waals surface area contributed by atoms with Crippen LogP contribution in [0.15, 0.2) is 12.1 Å². The molecule has 70 valence electrons. The van der Waals surface area contributed by atoms with Crippen LogP contribution in [-0.2, 0) is 4.79 Å². The van der Waals surface area contributed by atoms with Gasteiger partial charge in [0.05, 0.1) is 11.4 Å². The van der Waals surface area contributed by atoms with Crippen LogP contribution < -0.4 is 11.1 Å². The van der Waals surface area contributed by atoms with E-state index in [1.807, 2.05) is 0 Å². The lowest BCUT2D eigenvalue weighted by Gasteiger charge is -2.05. The highest BCUT2D eigenvalue weighted by Crippen LogP contribution is 2.21. The first-order chi connectivity index (χ1) is 6.02. The normalized spacial score (nSPS) is 9.77. The van der Waals surface area contributed by atoms with Crippen LogP contribution in [0.25, 0.3) is 0 Å². The van der Waals surface area contributed by atoms with Crippen molar-refractivity contribution in [3.63, 3.8) is 0 Å². The fourth-order valence-corrected chi connectivity index (χ4v) is 0.851. The molecule has 0 saturated carbocycles. The zero-order valence-electron chi connectivity index (χ0n) is 6.90. The van der Waals surface area contributed by atoms with Gasteiger partial charge < -0.3 is 11.1 Å². The molecule has 3 nitrogen and oxygen atoms in total. The van der Waals surface area contributed by atoms with Gasteiger partial charge in [0.1, 0.15) is 0 Å². The lowest BCUT2D eigenvalue weighted by molar-refractivity contribution is -0.114. The molecule has 0 aliphatic rings. The number of hydrogen-bond acceptors (Lipinski definition) is 2. The lowest BCUT2D eigenvalue weighted by atomic mass is 10.2. The van der Waals surface area contributed by atoms with Crippen molar-refractivity contribution in [2.24, 2.45) is 0 Å². The van der Waals surface area contributed by atoms with Gasteiger partial charge in [-0.2, -0.15) is 0 Å². The first-order valence-electron chi connectivity index (χ1n) is 3.53. The second-order valence-electron chi connectivity index (χ2n) is 2.51. The van der Waals surface area contributed by atoms with E-state index in [1.54, 1.807) is 0 Å². The van der Waals surface area contributed by atoms with Crippen molar-refractivity contribution in [2.75, 3.05) is 11.1 Å². The number of rotatable bonds is 1. The van der Waals surface area contributed by atoms with Crippen LogP contribution in [0.2, 0.25) is 0 Å². The largest absolute Gasteiger partial charge is 0.396 e. The minimum atomic E-state index is -1.15. The molecule has 1 amide bonds. The molecule has 1 aromatic rings. The molecule has 0 heterocycles. The fraction of sp³-hybridized carbons (Fsp3) is 0.125. The number of nitrogens with one attached hydrogen (secondary N) is 1. The third-order valence-corrected chi connectivity index (χ3v) is 1.42. The summed E-state index contributed by atoms with van der Waals surface area (Å²) >= 11 is 0. The van der Waals surface area contributed by atoms with Gasteiger partial charge in [0.15, 0.2) is 11.6 Å². The first kappa shape index (κ1) is 9.44. The van der Waals surface area contributed by atoms with Crippen LogP contribution in [0.5, 0.6) is 0 Å². The van der Waals surface area contributed by atoms with Crippen molar-refractivity contribution in [3.8, 4) is 0 Å². The zero-order valence-corrected chi connectivity index (χ0v) is 6.90. The van der Waals surface area contributed by atoms with E-state index >= 15 is 0 Å². The molecule has 1 aromatic carbocycles. The third-order valence-electron chi connectivity index (χ3n) is 1.42. The molecule has 0 aromatic heterocycles. The maximum Gasteiger partial charge on any atom is 0.221 e. The predicted octanol–water partition coefficient (Wildman–Crippen LogP) is 1.51. The smallest absolute Gasteiger partial charge is 0.221 e. The summed E-state index contributed by atoms with van der Waals surface area (Å²) in [6, 6.07) is 2.39. The van der Waals surface area contributed by atoms with Crippen LogP contribution >= 0.6 is 0 Å². The number of halogens is 2. The quantitative estimate of drug-likeness (QED) is 0.653. The maximum absolute atomic E-state index is 13.0. The average Bonchev–Trinajstić information content (AvgIpc) is 2.06. The van der Waals surface area contributed by atoms with Crippen LogP contribution in [0.1, 0.15) is 6.92 Å². The van der Waals surface area contributed by atoms with Gasteiger partial charge >= 0.3 is 0 Å². The molecule has 1 rings (SSSR count). The van der Waals surface area contributed by atoms with E-state index in [-0.39, 0.29) is 11.4 Å². The van der Waals surface area contributed by atoms with Gasteiger partial charge in [0, 0.05) is 6.92 Å². The molecule has 0 saturated heterocycles. The number of benzene rings is 1. The van der Waals surface area contributed by atoms with Crippen molar-refractivity contribution in [1.82, 2.24) is 0 Å². The van der Waals surface area contributed by atoms with Gasteiger partial charge in [0.2, 0.25) is 5.91 Å². The number of nitrogens with two attached hydrogens (primary N) is 1. The molecule has 0 aliphatic heterocycles. The Bertz CT molecular complexity index is 352. The predicted molar refractivity (Wildman–Crippen MR) is 45.1 cm³/mol. The van der Waals surface area contributed by atoms with Gasteiger partial charge in [0.25, 0.3) is 0 Å². The Kier molecular flexibility index (Phi) is 2.46. The second-order valence-corrected chi connectivity index (χ2v) is 2.51. The Hall–Kier alpha value is -1.65. The SMILES string of the molecule is CC(=O)Nc1ccc(N)c(F)c1F. The maximum atomic E-state index is 13.0. The number of nitrogen functional groups attached to an aromatic ring is 1. The molecule has 0 radical (unpaired) electrons. The number of hydrogen-bond donors (Lipinski definition) is 2. The highest BCUT2D eigenvalue weighted by atomic mass is 19.2. The summed E-state index contributed by atoms with van der Waals surface area (Å²) in [4.78, 5) is 10.5. The molecular formula is C8H8F2N2O. The van der Waals surface area contributed by atoms with Crippen molar-refractivity contribution >= 4 is 17.3 Å². The Morgan fingerprint density at radius 3 is 2.54 bits per heavy atom. The van der Waals surface area contributed by atoms with Crippen molar-refractivity contribution in [2.45, 2.75) is 6.92 Å². The van der Waals surface area contributed by atoms with Gasteiger partial charge in [-0.3, -0.25) is 4.79 Å². The van der Waals surface area contributed by atoms with E-state index < -0.39 is 17.5 Å². The van der Waals surface area contributed by atoms with Gasteiger partial charge in [-0.15, -0.1) is 0 Å². The summed E-state index contributed by atoms with van der Waals surface area (Å²) in [6.07, 6.45) is 0. The molecular weight excluding hydrogens is 178 g/mol. The summed E-state index contributed by atoms with van der Waals surface area (Å²) in [5.74, 6) is -2.76. The Morgan fingerprint density at radius 1 is 1.38 bits per heavy atom. The van der Waals surface area contributed by atoms with E-state index in [0.717, 1.165) is 0 Å². The van der Waals surface area contributed by atoms with Crippen LogP contribution in [-0.4, -0.2) is 5.91 Å². The monoisotopic (exact) mass is 186 g/mol. The number of carbonyl (C=O) groups is 1. The summed E-state index contributed by atoms with van der Waals surface area (Å²) in [5, 5.41) is 2.13. The number of anilines is 2. The molecule has 0 fully saturated rings. The molecule has 13 heavy (non-hydrogen) atoms. The highest BCUT2D eigenvalue weighted by Gasteiger charge is 2.11.